The van der Waals surface area contributed by atoms with Crippen molar-refractivity contribution in [2.24, 2.45) is 5.10 Å². The van der Waals surface area contributed by atoms with Gasteiger partial charge in [-0.2, -0.15) is 9.78 Å². The topological polar surface area (TPSA) is 88.1 Å². The van der Waals surface area contributed by atoms with E-state index in [0.29, 0.717) is 56.7 Å². The maximum atomic E-state index is 13.6. The van der Waals surface area contributed by atoms with E-state index in [4.69, 9.17) is 35.2 Å². The molecule has 8 nitrogen and oxygen atoms in total. The Bertz CT molecular complexity index is 2030. The minimum Gasteiger partial charge on any atom is -0.496 e. The smallest absolute Gasteiger partial charge is 0.282 e. The molecule has 210 valence electrons. The molecule has 0 atom stereocenters. The molecular weight excluding hydrogens is 554 g/mol. The number of fused-ring (bicyclic) bond motifs is 2. The highest BCUT2D eigenvalue weighted by Gasteiger charge is 2.18. The van der Waals surface area contributed by atoms with E-state index in [0.717, 1.165) is 16.5 Å². The van der Waals surface area contributed by atoms with Crippen LogP contribution in [0.2, 0.25) is 5.02 Å². The molecule has 2 aromatic heterocycles. The van der Waals surface area contributed by atoms with Crippen molar-refractivity contribution in [3.8, 4) is 28.8 Å². The number of halogens is 1. The van der Waals surface area contributed by atoms with Crippen molar-refractivity contribution < 1.29 is 18.6 Å². The van der Waals surface area contributed by atoms with Crippen LogP contribution in [0.5, 0.6) is 17.2 Å². The zero-order chi connectivity index (χ0) is 29.2. The Morgan fingerprint density at radius 2 is 1.74 bits per heavy atom. The first-order chi connectivity index (χ1) is 20.4. The molecule has 0 aliphatic rings. The van der Waals surface area contributed by atoms with Crippen LogP contribution >= 0.6 is 11.6 Å². The molecule has 0 unspecified atom stereocenters. The third kappa shape index (κ3) is 5.20. The molecule has 6 rings (SSSR count). The lowest BCUT2D eigenvalue weighted by Crippen LogP contribution is -2.20. The van der Waals surface area contributed by atoms with E-state index < -0.39 is 0 Å². The summed E-state index contributed by atoms with van der Waals surface area (Å²) in [5, 5.41) is 6.05. The lowest BCUT2D eigenvalue weighted by Gasteiger charge is -2.13. The van der Waals surface area contributed by atoms with Crippen LogP contribution in [0, 0.1) is 6.92 Å². The molecule has 2 heterocycles. The molecule has 0 radical (unpaired) electrons. The molecule has 9 heteroatoms. The monoisotopic (exact) mass is 579 g/mol. The van der Waals surface area contributed by atoms with Crippen molar-refractivity contribution in [3.05, 3.63) is 117 Å². The van der Waals surface area contributed by atoms with Gasteiger partial charge in [0.05, 0.1) is 41.7 Å². The molecule has 0 saturated heterocycles. The van der Waals surface area contributed by atoms with Gasteiger partial charge in [0.2, 0.25) is 5.82 Å². The highest BCUT2D eigenvalue weighted by molar-refractivity contribution is 6.32. The van der Waals surface area contributed by atoms with Crippen LogP contribution in [-0.2, 0) is 6.61 Å². The van der Waals surface area contributed by atoms with Gasteiger partial charge in [-0.25, -0.2) is 4.98 Å². The van der Waals surface area contributed by atoms with E-state index in [1.807, 2.05) is 55.5 Å². The average Bonchev–Trinajstić information content (AvgIpc) is 3.44. The first-order valence-corrected chi connectivity index (χ1v) is 13.5. The Balaban J connectivity index is 1.41. The number of ether oxygens (including phenoxy) is 3. The number of benzene rings is 4. The first kappa shape index (κ1) is 27.1. The predicted octanol–water partition coefficient (Wildman–Crippen LogP) is 7.25. The van der Waals surface area contributed by atoms with Gasteiger partial charge >= 0.3 is 0 Å². The van der Waals surface area contributed by atoms with Crippen LogP contribution in [-0.4, -0.2) is 30.1 Å². The summed E-state index contributed by atoms with van der Waals surface area (Å²) in [6.45, 7) is 2.35. The second kappa shape index (κ2) is 11.4. The molecule has 4 aromatic carbocycles. The van der Waals surface area contributed by atoms with Crippen LogP contribution in [0.15, 0.2) is 99.2 Å². The number of nitrogens with zero attached hydrogens (tertiary/aromatic N) is 3. The van der Waals surface area contributed by atoms with Crippen LogP contribution < -0.4 is 19.8 Å². The van der Waals surface area contributed by atoms with Crippen LogP contribution in [0.4, 0.5) is 0 Å². The molecule has 0 bridgehead atoms. The van der Waals surface area contributed by atoms with Crippen LogP contribution in [0.25, 0.3) is 33.5 Å². The molecule has 0 saturated carbocycles. The second-order valence-corrected chi connectivity index (χ2v) is 10.0. The molecule has 0 spiro atoms. The number of aryl methyl sites for hydroxylation is 1. The summed E-state index contributed by atoms with van der Waals surface area (Å²) in [7, 11) is 3.13. The lowest BCUT2D eigenvalue weighted by atomic mass is 10.1. The third-order valence-corrected chi connectivity index (χ3v) is 7.04. The summed E-state index contributed by atoms with van der Waals surface area (Å²) < 4.78 is 24.4. The number of aromatic nitrogens is 2. The molecular formula is C33H26ClN3O5. The number of hydrogen-bond acceptors (Lipinski definition) is 7. The van der Waals surface area contributed by atoms with E-state index >= 15 is 0 Å². The second-order valence-electron chi connectivity index (χ2n) is 9.61. The number of para-hydroxylation sites is 1. The largest absolute Gasteiger partial charge is 0.496 e. The number of methoxy groups -OCH3 is 2. The van der Waals surface area contributed by atoms with Gasteiger partial charge in [0.25, 0.3) is 5.56 Å². The van der Waals surface area contributed by atoms with Gasteiger partial charge in [0, 0.05) is 0 Å². The van der Waals surface area contributed by atoms with E-state index in [-0.39, 0.29) is 11.4 Å². The quantitative estimate of drug-likeness (QED) is 0.176. The fraction of sp³-hybridized carbons (Fsp3) is 0.121. The van der Waals surface area contributed by atoms with Crippen molar-refractivity contribution in [1.82, 2.24) is 9.66 Å². The summed E-state index contributed by atoms with van der Waals surface area (Å²) in [5.41, 5.74) is 3.52. The Morgan fingerprint density at radius 3 is 2.55 bits per heavy atom. The van der Waals surface area contributed by atoms with Crippen molar-refractivity contribution >= 4 is 39.7 Å². The third-order valence-electron chi connectivity index (χ3n) is 6.76. The molecule has 6 aromatic rings. The highest BCUT2D eigenvalue weighted by atomic mass is 35.5. The fourth-order valence-corrected chi connectivity index (χ4v) is 5.02. The van der Waals surface area contributed by atoms with E-state index in [1.165, 1.54) is 18.0 Å². The van der Waals surface area contributed by atoms with Crippen LogP contribution in [0.3, 0.4) is 0 Å². The van der Waals surface area contributed by atoms with Gasteiger partial charge in [-0.15, -0.1) is 0 Å². The Labute approximate surface area is 246 Å². The number of rotatable bonds is 8. The normalized spacial score (nSPS) is 11.4. The standard InChI is InChI=1S/C33H26ClN3O5/c1-20-8-6-9-21(14-20)19-41-31-25(34)15-22(16-29(31)40-3)18-35-37-32(36-26-11-5-4-10-23(26)33(37)38)30-17-24-27(39-2)12-7-13-28(24)42-30/h4-18H,19H2,1-3H3. The van der Waals surface area contributed by atoms with Gasteiger partial charge in [-0.1, -0.05) is 59.6 Å². The van der Waals surface area contributed by atoms with Gasteiger partial charge in [0.1, 0.15) is 17.9 Å². The van der Waals surface area contributed by atoms with Gasteiger partial charge < -0.3 is 18.6 Å². The van der Waals surface area contributed by atoms with Crippen molar-refractivity contribution in [1.29, 1.82) is 0 Å². The maximum Gasteiger partial charge on any atom is 0.282 e. The summed E-state index contributed by atoms with van der Waals surface area (Å²) in [4.78, 5) is 18.4. The van der Waals surface area contributed by atoms with Crippen molar-refractivity contribution in [3.63, 3.8) is 0 Å². The Kier molecular flexibility index (Phi) is 7.37. The van der Waals surface area contributed by atoms with E-state index in [9.17, 15) is 4.79 Å². The van der Waals surface area contributed by atoms with Crippen molar-refractivity contribution in [2.75, 3.05) is 14.2 Å². The summed E-state index contributed by atoms with van der Waals surface area (Å²) in [6.07, 6.45) is 1.52. The predicted molar refractivity (Wildman–Crippen MR) is 164 cm³/mol. The summed E-state index contributed by atoms with van der Waals surface area (Å²) in [6, 6.07) is 25.9. The van der Waals surface area contributed by atoms with E-state index in [1.54, 1.807) is 43.5 Å². The minimum atomic E-state index is -0.351. The van der Waals surface area contributed by atoms with Gasteiger partial charge in [0.15, 0.2) is 17.3 Å². The SMILES string of the molecule is COc1cc(C=Nn2c(-c3cc4c(OC)cccc4o3)nc3ccccc3c2=O)cc(Cl)c1OCc1cccc(C)c1. The molecule has 0 aliphatic carbocycles. The highest BCUT2D eigenvalue weighted by Crippen LogP contribution is 2.37. The molecule has 0 aliphatic heterocycles. The average molecular weight is 580 g/mol. The molecule has 0 amide bonds. The zero-order valence-corrected chi connectivity index (χ0v) is 23.9. The van der Waals surface area contributed by atoms with Gasteiger partial charge in [-0.05, 0) is 60.5 Å². The maximum absolute atomic E-state index is 13.6. The van der Waals surface area contributed by atoms with E-state index in [2.05, 4.69) is 5.10 Å². The summed E-state index contributed by atoms with van der Waals surface area (Å²) in [5.74, 6) is 2.10. The lowest BCUT2D eigenvalue weighted by molar-refractivity contribution is 0.284. The minimum absolute atomic E-state index is 0.240. The first-order valence-electron chi connectivity index (χ1n) is 13.1. The molecule has 0 fully saturated rings. The van der Waals surface area contributed by atoms with Gasteiger partial charge in [-0.3, -0.25) is 4.79 Å². The fourth-order valence-electron chi connectivity index (χ4n) is 4.75. The molecule has 42 heavy (non-hydrogen) atoms. The number of furan rings is 1. The van der Waals surface area contributed by atoms with Crippen LogP contribution in [0.1, 0.15) is 16.7 Å². The number of hydrogen-bond donors (Lipinski definition) is 0. The zero-order valence-electron chi connectivity index (χ0n) is 23.1. The Hall–Kier alpha value is -5.08. The Morgan fingerprint density at radius 1 is 0.929 bits per heavy atom. The van der Waals surface area contributed by atoms with Crippen molar-refractivity contribution in [2.45, 2.75) is 13.5 Å². The summed E-state index contributed by atoms with van der Waals surface area (Å²) >= 11 is 6.63. The molecule has 0 N–H and O–H groups in total.